The van der Waals surface area contributed by atoms with Crippen molar-refractivity contribution >= 4 is 22.6 Å². The fourth-order valence-electron chi connectivity index (χ4n) is 1.77. The average molecular weight is 264 g/mol. The van der Waals surface area contributed by atoms with Crippen LogP contribution in [-0.4, -0.2) is 23.6 Å². The lowest BCUT2D eigenvalue weighted by Gasteiger charge is -2.11. The number of thioether (sulfide) groups is 1. The maximum Gasteiger partial charge on any atom is 0.161 e. The summed E-state index contributed by atoms with van der Waals surface area (Å²) in [6.45, 7) is 7.10. The summed E-state index contributed by atoms with van der Waals surface area (Å²) < 4.78 is 5.59. The quantitative estimate of drug-likeness (QED) is 0.901. The first-order valence-electron chi connectivity index (χ1n) is 6.40. The molecule has 0 aliphatic carbocycles. The summed E-state index contributed by atoms with van der Waals surface area (Å²) in [4.78, 5) is 4.70. The number of amidine groups is 1. The predicted octanol–water partition coefficient (Wildman–Crippen LogP) is 3.62. The Morgan fingerprint density at radius 2 is 2.22 bits per heavy atom. The molecule has 1 aromatic carbocycles. The standard InChI is InChI=1S/C14H20N2OS/c1-4-17-13-8-6-5-7-11(13)15-14-16-12(9-18-14)10(2)3/h5-8,10,12H,4,9H2,1-3H3,(H,15,16)/t12-/m1/s1. The minimum Gasteiger partial charge on any atom is -0.492 e. The zero-order valence-electron chi connectivity index (χ0n) is 11.1. The molecule has 0 unspecified atom stereocenters. The van der Waals surface area contributed by atoms with Gasteiger partial charge >= 0.3 is 0 Å². The van der Waals surface area contributed by atoms with E-state index < -0.39 is 0 Å². The van der Waals surface area contributed by atoms with Crippen LogP contribution in [0.25, 0.3) is 0 Å². The van der Waals surface area contributed by atoms with Crippen LogP contribution in [0, 0.1) is 5.92 Å². The fraction of sp³-hybridized carbons (Fsp3) is 0.500. The van der Waals surface area contributed by atoms with Crippen molar-refractivity contribution in [1.29, 1.82) is 0 Å². The van der Waals surface area contributed by atoms with Gasteiger partial charge in [0.05, 0.1) is 18.3 Å². The number of rotatable bonds is 4. The summed E-state index contributed by atoms with van der Waals surface area (Å²) in [5, 5.41) is 4.37. The fourth-order valence-corrected chi connectivity index (χ4v) is 2.95. The number of anilines is 1. The van der Waals surface area contributed by atoms with Gasteiger partial charge in [0.15, 0.2) is 5.17 Å². The van der Waals surface area contributed by atoms with Gasteiger partial charge in [-0.1, -0.05) is 37.7 Å². The van der Waals surface area contributed by atoms with Gasteiger partial charge in [-0.25, -0.2) is 0 Å². The summed E-state index contributed by atoms with van der Waals surface area (Å²) in [6.07, 6.45) is 0. The van der Waals surface area contributed by atoms with Crippen LogP contribution in [0.4, 0.5) is 5.69 Å². The number of ether oxygens (including phenoxy) is 1. The number of nitrogens with zero attached hydrogens (tertiary/aromatic N) is 1. The van der Waals surface area contributed by atoms with Crippen molar-refractivity contribution in [3.63, 3.8) is 0 Å². The molecule has 1 aliphatic heterocycles. The first-order chi connectivity index (χ1) is 8.70. The van der Waals surface area contributed by atoms with Crippen LogP contribution in [0.5, 0.6) is 5.75 Å². The molecule has 4 heteroatoms. The number of para-hydroxylation sites is 2. The minimum absolute atomic E-state index is 0.428. The second-order valence-corrected chi connectivity index (χ2v) is 5.62. The van der Waals surface area contributed by atoms with Gasteiger partial charge in [-0.15, -0.1) is 0 Å². The molecule has 3 nitrogen and oxygen atoms in total. The monoisotopic (exact) mass is 264 g/mol. The van der Waals surface area contributed by atoms with Crippen molar-refractivity contribution in [2.45, 2.75) is 26.8 Å². The topological polar surface area (TPSA) is 33.6 Å². The van der Waals surface area contributed by atoms with E-state index in [2.05, 4.69) is 19.2 Å². The molecule has 1 heterocycles. The Labute approximate surface area is 113 Å². The molecular formula is C14H20N2OS. The summed E-state index contributed by atoms with van der Waals surface area (Å²) in [5.41, 5.74) is 0.995. The summed E-state index contributed by atoms with van der Waals surface area (Å²) in [7, 11) is 0. The third-order valence-corrected chi connectivity index (χ3v) is 3.86. The lowest BCUT2D eigenvalue weighted by molar-refractivity contribution is 0.342. The van der Waals surface area contributed by atoms with Crippen molar-refractivity contribution in [1.82, 2.24) is 0 Å². The zero-order chi connectivity index (χ0) is 13.0. The first-order valence-corrected chi connectivity index (χ1v) is 7.38. The molecule has 2 rings (SSSR count). The highest BCUT2D eigenvalue weighted by Gasteiger charge is 2.21. The van der Waals surface area contributed by atoms with E-state index in [1.807, 2.05) is 31.2 Å². The third-order valence-electron chi connectivity index (χ3n) is 2.87. The summed E-state index contributed by atoms with van der Waals surface area (Å²) in [6, 6.07) is 8.42. The Morgan fingerprint density at radius 1 is 1.44 bits per heavy atom. The van der Waals surface area contributed by atoms with Crippen LogP contribution < -0.4 is 10.1 Å². The Hall–Kier alpha value is -1.16. The molecule has 0 radical (unpaired) electrons. The summed E-state index contributed by atoms with van der Waals surface area (Å²) >= 11 is 1.78. The van der Waals surface area contributed by atoms with E-state index in [1.165, 1.54) is 0 Å². The van der Waals surface area contributed by atoms with Crippen LogP contribution >= 0.6 is 11.8 Å². The van der Waals surface area contributed by atoms with Crippen molar-refractivity contribution < 1.29 is 4.74 Å². The Balaban J connectivity index is 2.08. The third kappa shape index (κ3) is 3.19. The normalized spacial score (nSPS) is 18.9. The molecule has 1 aliphatic rings. The predicted molar refractivity (Wildman–Crippen MR) is 79.8 cm³/mol. The van der Waals surface area contributed by atoms with Gasteiger partial charge in [-0.2, -0.15) is 0 Å². The minimum atomic E-state index is 0.428. The molecule has 1 atom stereocenters. The van der Waals surface area contributed by atoms with Gasteiger partial charge < -0.3 is 10.1 Å². The van der Waals surface area contributed by atoms with Crippen LogP contribution in [0.2, 0.25) is 0 Å². The molecule has 0 spiro atoms. The van der Waals surface area contributed by atoms with Crippen molar-refractivity contribution in [3.8, 4) is 5.75 Å². The van der Waals surface area contributed by atoms with Crippen LogP contribution in [0.15, 0.2) is 29.3 Å². The zero-order valence-corrected chi connectivity index (χ0v) is 12.0. The second-order valence-electron chi connectivity index (χ2n) is 4.61. The molecule has 0 amide bonds. The molecule has 0 bridgehead atoms. The number of aliphatic imine (C=N–C) groups is 1. The molecule has 1 N–H and O–H groups in total. The molecule has 0 aromatic heterocycles. The number of hydrogen-bond acceptors (Lipinski definition) is 4. The highest BCUT2D eigenvalue weighted by Crippen LogP contribution is 2.28. The van der Waals surface area contributed by atoms with Gasteiger partial charge in [0.2, 0.25) is 0 Å². The van der Waals surface area contributed by atoms with Gasteiger partial charge in [0, 0.05) is 5.75 Å². The highest BCUT2D eigenvalue weighted by atomic mass is 32.2. The highest BCUT2D eigenvalue weighted by molar-refractivity contribution is 8.14. The van der Waals surface area contributed by atoms with Crippen LogP contribution in [0.3, 0.4) is 0 Å². The number of benzene rings is 1. The van der Waals surface area contributed by atoms with Gasteiger partial charge in [-0.05, 0) is 25.0 Å². The Bertz CT molecular complexity index is 432. The van der Waals surface area contributed by atoms with Crippen molar-refractivity contribution in [2.75, 3.05) is 17.7 Å². The molecular weight excluding hydrogens is 244 g/mol. The molecule has 98 valence electrons. The number of hydrogen-bond donors (Lipinski definition) is 1. The smallest absolute Gasteiger partial charge is 0.161 e. The van der Waals surface area contributed by atoms with E-state index in [0.717, 1.165) is 22.4 Å². The largest absolute Gasteiger partial charge is 0.492 e. The van der Waals surface area contributed by atoms with E-state index in [9.17, 15) is 0 Å². The van der Waals surface area contributed by atoms with Gasteiger partial charge in [0.25, 0.3) is 0 Å². The van der Waals surface area contributed by atoms with Crippen molar-refractivity contribution in [2.24, 2.45) is 10.9 Å². The van der Waals surface area contributed by atoms with E-state index >= 15 is 0 Å². The van der Waals surface area contributed by atoms with Crippen molar-refractivity contribution in [3.05, 3.63) is 24.3 Å². The van der Waals surface area contributed by atoms with Crippen LogP contribution in [-0.2, 0) is 0 Å². The van der Waals surface area contributed by atoms with E-state index in [4.69, 9.17) is 9.73 Å². The van der Waals surface area contributed by atoms with E-state index in [1.54, 1.807) is 11.8 Å². The molecule has 0 saturated carbocycles. The lowest BCUT2D eigenvalue weighted by Crippen LogP contribution is -2.12. The summed E-state index contributed by atoms with van der Waals surface area (Å²) in [5.74, 6) is 2.55. The molecule has 0 fully saturated rings. The Morgan fingerprint density at radius 3 is 2.89 bits per heavy atom. The van der Waals surface area contributed by atoms with Crippen LogP contribution in [0.1, 0.15) is 20.8 Å². The molecule has 1 aromatic rings. The number of nitrogens with one attached hydrogen (secondary N) is 1. The lowest BCUT2D eigenvalue weighted by atomic mass is 10.1. The maximum absolute atomic E-state index is 5.59. The van der Waals surface area contributed by atoms with Gasteiger partial charge in [-0.3, -0.25) is 4.99 Å². The first kappa shape index (κ1) is 13.3. The van der Waals surface area contributed by atoms with Gasteiger partial charge in [0.1, 0.15) is 5.75 Å². The Kier molecular flexibility index (Phi) is 4.53. The SMILES string of the molecule is CCOc1ccccc1NC1=N[C@@H](C(C)C)CS1. The molecule has 0 saturated heterocycles. The molecule has 18 heavy (non-hydrogen) atoms. The average Bonchev–Trinajstić information content (AvgIpc) is 2.81. The maximum atomic E-state index is 5.59. The van der Waals surface area contributed by atoms with E-state index in [0.29, 0.717) is 18.6 Å². The van der Waals surface area contributed by atoms with E-state index in [-0.39, 0.29) is 0 Å². The second kappa shape index (κ2) is 6.14.